The number of nitrogens with zero attached hydrogens (tertiary/aromatic N) is 2. The summed E-state index contributed by atoms with van der Waals surface area (Å²) in [4.78, 5) is 29.6. The second kappa shape index (κ2) is 16.5. The van der Waals surface area contributed by atoms with Gasteiger partial charge in [0.25, 0.3) is 10.0 Å². The lowest BCUT2D eigenvalue weighted by atomic mass is 10.0. The van der Waals surface area contributed by atoms with E-state index in [2.05, 4.69) is 5.32 Å². The van der Waals surface area contributed by atoms with Gasteiger partial charge in [0.05, 0.1) is 10.6 Å². The van der Waals surface area contributed by atoms with Crippen molar-refractivity contribution in [3.8, 4) is 11.5 Å². The van der Waals surface area contributed by atoms with Crippen LogP contribution in [0.1, 0.15) is 18.1 Å². The number of hydrogen-bond donors (Lipinski definition) is 1. The van der Waals surface area contributed by atoms with Crippen molar-refractivity contribution in [1.29, 1.82) is 0 Å². The highest BCUT2D eigenvalue weighted by molar-refractivity contribution is 7.92. The van der Waals surface area contributed by atoms with Gasteiger partial charge < -0.3 is 15.0 Å². The van der Waals surface area contributed by atoms with E-state index in [0.717, 1.165) is 9.87 Å². The predicted octanol–water partition coefficient (Wildman–Crippen LogP) is 7.76. The van der Waals surface area contributed by atoms with Crippen LogP contribution in [0, 0.1) is 0 Å². The number of ether oxygens (including phenoxy) is 1. The summed E-state index contributed by atoms with van der Waals surface area (Å²) < 4.78 is 35.4. The molecule has 0 unspecified atom stereocenters. The van der Waals surface area contributed by atoms with Crippen molar-refractivity contribution in [2.24, 2.45) is 0 Å². The molecule has 0 aliphatic rings. The Labute approximate surface area is 296 Å². The Morgan fingerprint density at radius 3 is 1.98 bits per heavy atom. The number of halogens is 2. The molecular weight excluding hydrogens is 681 g/mol. The van der Waals surface area contributed by atoms with Crippen molar-refractivity contribution >= 4 is 50.7 Å². The van der Waals surface area contributed by atoms with Crippen LogP contribution in [0.25, 0.3) is 0 Å². The Hall–Kier alpha value is -4.83. The third kappa shape index (κ3) is 9.20. The zero-order valence-electron chi connectivity index (χ0n) is 26.7. The first kappa shape index (κ1) is 35.5. The van der Waals surface area contributed by atoms with E-state index in [1.807, 2.05) is 48.5 Å². The highest BCUT2D eigenvalue weighted by Gasteiger charge is 2.34. The maximum absolute atomic E-state index is 14.6. The molecule has 252 valence electrons. The largest absolute Gasteiger partial charge is 0.457 e. The molecular formula is C38H35Cl2N3O5S. The van der Waals surface area contributed by atoms with Crippen LogP contribution in [0.5, 0.6) is 11.5 Å². The fourth-order valence-corrected chi connectivity index (χ4v) is 7.14. The summed E-state index contributed by atoms with van der Waals surface area (Å²) >= 11 is 12.7. The Kier molecular flexibility index (Phi) is 12.0. The SMILES string of the molecule is CCNC(=O)[C@H](Cc1ccccc1)N(Cc1ccc(Cl)cc1Cl)C(=O)CN(c1ccc(Oc2ccccc2)cc1)S(=O)(=O)c1ccccc1. The number of para-hydroxylation sites is 1. The topological polar surface area (TPSA) is 96.0 Å². The molecule has 0 bridgehead atoms. The molecule has 0 saturated carbocycles. The first-order valence-corrected chi connectivity index (χ1v) is 17.8. The van der Waals surface area contributed by atoms with Crippen molar-refractivity contribution in [1.82, 2.24) is 10.2 Å². The first-order valence-electron chi connectivity index (χ1n) is 15.6. The molecule has 0 fully saturated rings. The van der Waals surface area contributed by atoms with E-state index < -0.39 is 28.5 Å². The maximum Gasteiger partial charge on any atom is 0.264 e. The second-order valence-electron chi connectivity index (χ2n) is 11.1. The molecule has 8 nitrogen and oxygen atoms in total. The number of sulfonamides is 1. The number of nitrogens with one attached hydrogen (secondary N) is 1. The van der Waals surface area contributed by atoms with Gasteiger partial charge in [-0.05, 0) is 78.7 Å². The van der Waals surface area contributed by atoms with Gasteiger partial charge in [-0.15, -0.1) is 0 Å². The molecule has 0 aliphatic carbocycles. The molecule has 1 N–H and O–H groups in total. The van der Waals surface area contributed by atoms with Gasteiger partial charge in [-0.25, -0.2) is 8.42 Å². The van der Waals surface area contributed by atoms with Crippen LogP contribution in [0.4, 0.5) is 5.69 Å². The van der Waals surface area contributed by atoms with E-state index in [1.54, 1.807) is 79.7 Å². The smallest absolute Gasteiger partial charge is 0.264 e. The number of anilines is 1. The van der Waals surface area contributed by atoms with Crippen LogP contribution in [0.15, 0.2) is 138 Å². The molecule has 0 aliphatic heterocycles. The average Bonchev–Trinajstić information content (AvgIpc) is 3.11. The minimum absolute atomic E-state index is 0.00395. The van der Waals surface area contributed by atoms with E-state index in [0.29, 0.717) is 33.7 Å². The van der Waals surface area contributed by atoms with E-state index in [9.17, 15) is 18.0 Å². The maximum atomic E-state index is 14.6. The Bertz CT molecular complexity index is 1960. The summed E-state index contributed by atoms with van der Waals surface area (Å²) in [5, 5.41) is 3.57. The van der Waals surface area contributed by atoms with Crippen molar-refractivity contribution in [2.75, 3.05) is 17.4 Å². The normalized spacial score (nSPS) is 11.7. The van der Waals surface area contributed by atoms with E-state index in [1.165, 1.54) is 17.0 Å². The van der Waals surface area contributed by atoms with Gasteiger partial charge in [-0.1, -0.05) is 96.0 Å². The van der Waals surface area contributed by atoms with Gasteiger partial charge in [-0.2, -0.15) is 0 Å². The molecule has 5 rings (SSSR count). The standard InChI is InChI=1S/C38H35Cl2N3O5S/c1-2-41-38(45)36(24-28-12-6-3-7-13-28)42(26-29-18-19-30(39)25-35(29)40)37(44)27-43(49(46,47)34-16-10-5-11-17-34)31-20-22-33(23-21-31)48-32-14-8-4-9-15-32/h3-23,25,36H,2,24,26-27H2,1H3,(H,41,45)/t36-/m0/s1. The van der Waals surface area contributed by atoms with Crippen molar-refractivity contribution in [2.45, 2.75) is 30.8 Å². The van der Waals surface area contributed by atoms with Crippen LogP contribution in [-0.2, 0) is 32.6 Å². The van der Waals surface area contributed by atoms with Gasteiger partial charge >= 0.3 is 0 Å². The summed E-state index contributed by atoms with van der Waals surface area (Å²) in [5.74, 6) is 0.106. The zero-order chi connectivity index (χ0) is 34.8. The first-order chi connectivity index (χ1) is 23.7. The van der Waals surface area contributed by atoms with Gasteiger partial charge in [-0.3, -0.25) is 13.9 Å². The van der Waals surface area contributed by atoms with Gasteiger partial charge in [0.1, 0.15) is 24.1 Å². The number of hydrogen-bond acceptors (Lipinski definition) is 5. The molecule has 11 heteroatoms. The number of amides is 2. The quantitative estimate of drug-likeness (QED) is 0.127. The third-order valence-electron chi connectivity index (χ3n) is 7.69. The van der Waals surface area contributed by atoms with Crippen molar-refractivity contribution in [3.63, 3.8) is 0 Å². The molecule has 5 aromatic rings. The number of benzene rings is 5. The minimum Gasteiger partial charge on any atom is -0.457 e. The molecule has 0 spiro atoms. The highest BCUT2D eigenvalue weighted by Crippen LogP contribution is 2.29. The molecule has 0 heterocycles. The number of carbonyl (C=O) groups is 2. The van der Waals surface area contributed by atoms with E-state index in [-0.39, 0.29) is 29.5 Å². The lowest BCUT2D eigenvalue weighted by Crippen LogP contribution is -2.53. The second-order valence-corrected chi connectivity index (χ2v) is 13.8. The number of carbonyl (C=O) groups excluding carboxylic acids is 2. The molecule has 0 radical (unpaired) electrons. The minimum atomic E-state index is -4.26. The lowest BCUT2D eigenvalue weighted by Gasteiger charge is -2.34. The van der Waals surface area contributed by atoms with Gasteiger partial charge in [0.2, 0.25) is 11.8 Å². The van der Waals surface area contributed by atoms with Crippen LogP contribution >= 0.6 is 23.2 Å². The molecule has 0 saturated heterocycles. The van der Waals surface area contributed by atoms with Crippen molar-refractivity contribution < 1.29 is 22.7 Å². The average molecular weight is 717 g/mol. The molecule has 1 atom stereocenters. The summed E-state index contributed by atoms with van der Waals surface area (Å²) in [6, 6.07) is 36.7. The van der Waals surface area contributed by atoms with Crippen LogP contribution in [-0.4, -0.2) is 44.3 Å². The van der Waals surface area contributed by atoms with Crippen LogP contribution in [0.3, 0.4) is 0 Å². The monoisotopic (exact) mass is 715 g/mol. The highest BCUT2D eigenvalue weighted by atomic mass is 35.5. The fourth-order valence-electron chi connectivity index (χ4n) is 5.23. The summed E-state index contributed by atoms with van der Waals surface area (Å²) in [6.07, 6.45) is 0.181. The van der Waals surface area contributed by atoms with Crippen molar-refractivity contribution in [3.05, 3.63) is 155 Å². The van der Waals surface area contributed by atoms with E-state index in [4.69, 9.17) is 27.9 Å². The molecule has 5 aromatic carbocycles. The number of likely N-dealkylation sites (N-methyl/N-ethyl adjacent to an activating group) is 1. The Morgan fingerprint density at radius 1 is 0.776 bits per heavy atom. The molecule has 49 heavy (non-hydrogen) atoms. The van der Waals surface area contributed by atoms with Gasteiger partial charge in [0, 0.05) is 29.6 Å². The number of rotatable bonds is 14. The lowest BCUT2D eigenvalue weighted by molar-refractivity contribution is -0.140. The van der Waals surface area contributed by atoms with E-state index >= 15 is 0 Å². The summed E-state index contributed by atoms with van der Waals surface area (Å²) in [5.41, 5.74) is 1.60. The predicted molar refractivity (Wildman–Crippen MR) is 194 cm³/mol. The summed E-state index contributed by atoms with van der Waals surface area (Å²) in [7, 11) is -4.26. The van der Waals surface area contributed by atoms with Crippen LogP contribution in [0.2, 0.25) is 10.0 Å². The third-order valence-corrected chi connectivity index (χ3v) is 10.1. The molecule has 0 aromatic heterocycles. The summed E-state index contributed by atoms with van der Waals surface area (Å²) in [6.45, 7) is 1.44. The Morgan fingerprint density at radius 2 is 1.37 bits per heavy atom. The zero-order valence-corrected chi connectivity index (χ0v) is 29.0. The molecule has 2 amide bonds. The van der Waals surface area contributed by atoms with Gasteiger partial charge in [0.15, 0.2) is 0 Å². The fraction of sp³-hybridized carbons (Fsp3) is 0.158. The van der Waals surface area contributed by atoms with Crippen LogP contribution < -0.4 is 14.4 Å². The Balaban J connectivity index is 1.55.